The standard InChI is InChI=1S/C12H13F2N3O2/c13-8-3-2-7(6-9(8)14)16-11(18)12(4-1-5-12)10(15)17-19/h2-3,6,19H,1,4-5H2,(H2,15,17)(H,16,18). The summed E-state index contributed by atoms with van der Waals surface area (Å²) in [5.41, 5.74) is 4.60. The molecule has 0 atom stereocenters. The molecule has 1 saturated carbocycles. The lowest BCUT2D eigenvalue weighted by Gasteiger charge is -2.38. The maximum absolute atomic E-state index is 13.0. The van der Waals surface area contributed by atoms with Crippen LogP contribution < -0.4 is 11.1 Å². The van der Waals surface area contributed by atoms with Gasteiger partial charge in [-0.05, 0) is 25.0 Å². The maximum atomic E-state index is 13.0. The van der Waals surface area contributed by atoms with Crippen molar-refractivity contribution in [2.24, 2.45) is 16.3 Å². The van der Waals surface area contributed by atoms with E-state index in [9.17, 15) is 13.6 Å². The Bertz CT molecular complexity index is 542. The van der Waals surface area contributed by atoms with Gasteiger partial charge in [-0.3, -0.25) is 4.79 Å². The summed E-state index contributed by atoms with van der Waals surface area (Å²) in [6, 6.07) is 3.04. The second-order valence-electron chi connectivity index (χ2n) is 4.50. The van der Waals surface area contributed by atoms with Gasteiger partial charge >= 0.3 is 0 Å². The number of carbonyl (C=O) groups excluding carboxylic acids is 1. The van der Waals surface area contributed by atoms with Crippen molar-refractivity contribution in [2.75, 3.05) is 5.32 Å². The van der Waals surface area contributed by atoms with Crippen LogP contribution in [0.2, 0.25) is 0 Å². The molecule has 0 bridgehead atoms. The number of nitrogens with two attached hydrogens (primary N) is 1. The van der Waals surface area contributed by atoms with Crippen molar-refractivity contribution in [1.29, 1.82) is 0 Å². The van der Waals surface area contributed by atoms with Crippen LogP contribution in [0.1, 0.15) is 19.3 Å². The number of nitrogens with zero attached hydrogens (tertiary/aromatic N) is 1. The first-order chi connectivity index (χ1) is 8.99. The first-order valence-electron chi connectivity index (χ1n) is 5.74. The van der Waals surface area contributed by atoms with E-state index in [2.05, 4.69) is 10.5 Å². The number of rotatable bonds is 3. The average molecular weight is 269 g/mol. The lowest BCUT2D eigenvalue weighted by Crippen LogP contribution is -2.51. The summed E-state index contributed by atoms with van der Waals surface area (Å²) in [7, 11) is 0. The molecule has 0 aromatic heterocycles. The molecular formula is C12H13F2N3O2. The van der Waals surface area contributed by atoms with Crippen LogP contribution in [-0.4, -0.2) is 17.0 Å². The molecule has 1 aromatic rings. The van der Waals surface area contributed by atoms with Crippen molar-refractivity contribution in [1.82, 2.24) is 0 Å². The molecule has 1 fully saturated rings. The summed E-state index contributed by atoms with van der Waals surface area (Å²) >= 11 is 0. The van der Waals surface area contributed by atoms with Crippen molar-refractivity contribution in [3.63, 3.8) is 0 Å². The van der Waals surface area contributed by atoms with E-state index >= 15 is 0 Å². The molecular weight excluding hydrogens is 256 g/mol. The smallest absolute Gasteiger partial charge is 0.238 e. The number of nitrogens with one attached hydrogen (secondary N) is 1. The number of amidine groups is 1. The predicted molar refractivity (Wildman–Crippen MR) is 64.7 cm³/mol. The van der Waals surface area contributed by atoms with E-state index in [1.54, 1.807) is 0 Å². The van der Waals surface area contributed by atoms with Gasteiger partial charge in [-0.1, -0.05) is 11.6 Å². The Kier molecular flexibility index (Phi) is 3.37. The number of halogens is 2. The van der Waals surface area contributed by atoms with Gasteiger partial charge in [0, 0.05) is 11.8 Å². The molecule has 0 aliphatic heterocycles. The molecule has 0 saturated heterocycles. The van der Waals surface area contributed by atoms with Gasteiger partial charge in [0.05, 0.1) is 0 Å². The zero-order chi connectivity index (χ0) is 14.0. The van der Waals surface area contributed by atoms with E-state index in [4.69, 9.17) is 10.9 Å². The van der Waals surface area contributed by atoms with Gasteiger partial charge in [0.15, 0.2) is 17.5 Å². The predicted octanol–water partition coefficient (Wildman–Crippen LogP) is 1.82. The third kappa shape index (κ3) is 2.23. The van der Waals surface area contributed by atoms with Crippen LogP contribution in [0, 0.1) is 17.0 Å². The number of oxime groups is 1. The second kappa shape index (κ2) is 4.83. The van der Waals surface area contributed by atoms with E-state index in [1.807, 2.05) is 0 Å². The SMILES string of the molecule is N/C(=N/O)C1(C(=O)Nc2ccc(F)c(F)c2)CCC1. The third-order valence-corrected chi connectivity index (χ3v) is 3.42. The largest absolute Gasteiger partial charge is 0.409 e. The lowest BCUT2D eigenvalue weighted by atomic mass is 9.67. The Balaban J connectivity index is 2.18. The molecule has 0 unspecified atom stereocenters. The highest BCUT2D eigenvalue weighted by molar-refractivity contribution is 6.12. The molecule has 102 valence electrons. The fraction of sp³-hybridized carbons (Fsp3) is 0.333. The zero-order valence-electron chi connectivity index (χ0n) is 9.99. The fourth-order valence-electron chi connectivity index (χ4n) is 2.05. The molecule has 1 aliphatic carbocycles. The Labute approximate surface area is 108 Å². The van der Waals surface area contributed by atoms with Crippen molar-refractivity contribution < 1.29 is 18.8 Å². The minimum Gasteiger partial charge on any atom is -0.409 e. The monoisotopic (exact) mass is 269 g/mol. The van der Waals surface area contributed by atoms with Crippen LogP contribution in [0.5, 0.6) is 0 Å². The van der Waals surface area contributed by atoms with Crippen LogP contribution in [-0.2, 0) is 4.79 Å². The molecule has 1 aliphatic rings. The summed E-state index contributed by atoms with van der Waals surface area (Å²) in [6.07, 6.45) is 1.69. The van der Waals surface area contributed by atoms with E-state index < -0.39 is 23.0 Å². The van der Waals surface area contributed by atoms with Gasteiger partial charge < -0.3 is 16.3 Å². The molecule has 5 nitrogen and oxygen atoms in total. The first-order valence-corrected chi connectivity index (χ1v) is 5.74. The van der Waals surface area contributed by atoms with Gasteiger partial charge in [0.25, 0.3) is 0 Å². The van der Waals surface area contributed by atoms with Crippen LogP contribution >= 0.6 is 0 Å². The minimum atomic E-state index is -1.06. The van der Waals surface area contributed by atoms with E-state index in [1.165, 1.54) is 6.07 Å². The van der Waals surface area contributed by atoms with Crippen molar-refractivity contribution in [3.05, 3.63) is 29.8 Å². The van der Waals surface area contributed by atoms with Gasteiger partial charge in [-0.25, -0.2) is 8.78 Å². The van der Waals surface area contributed by atoms with Gasteiger partial charge in [-0.2, -0.15) is 0 Å². The van der Waals surface area contributed by atoms with E-state index in [0.717, 1.165) is 18.6 Å². The molecule has 2 rings (SSSR count). The number of carbonyl (C=O) groups is 1. The maximum Gasteiger partial charge on any atom is 0.238 e. The van der Waals surface area contributed by atoms with Gasteiger partial charge in [0.1, 0.15) is 5.41 Å². The Morgan fingerprint density at radius 2 is 2.05 bits per heavy atom. The van der Waals surface area contributed by atoms with E-state index in [-0.39, 0.29) is 11.5 Å². The summed E-state index contributed by atoms with van der Waals surface area (Å²) in [5, 5.41) is 14.0. The summed E-state index contributed by atoms with van der Waals surface area (Å²) < 4.78 is 25.8. The molecule has 0 spiro atoms. The molecule has 19 heavy (non-hydrogen) atoms. The molecule has 0 radical (unpaired) electrons. The quantitative estimate of drug-likeness (QED) is 0.338. The highest BCUT2D eigenvalue weighted by Crippen LogP contribution is 2.42. The summed E-state index contributed by atoms with van der Waals surface area (Å²) in [5.74, 6) is -2.70. The molecule has 1 aromatic carbocycles. The van der Waals surface area contributed by atoms with Crippen molar-refractivity contribution >= 4 is 17.4 Å². The molecule has 7 heteroatoms. The van der Waals surface area contributed by atoms with Crippen LogP contribution in [0.15, 0.2) is 23.4 Å². The Morgan fingerprint density at radius 1 is 1.37 bits per heavy atom. The van der Waals surface area contributed by atoms with Crippen LogP contribution in [0.3, 0.4) is 0 Å². The van der Waals surface area contributed by atoms with E-state index in [0.29, 0.717) is 12.8 Å². The molecule has 0 heterocycles. The van der Waals surface area contributed by atoms with Crippen molar-refractivity contribution in [2.45, 2.75) is 19.3 Å². The highest BCUT2D eigenvalue weighted by Gasteiger charge is 2.48. The Morgan fingerprint density at radius 3 is 2.53 bits per heavy atom. The third-order valence-electron chi connectivity index (χ3n) is 3.42. The average Bonchev–Trinajstić information content (AvgIpc) is 2.32. The zero-order valence-corrected chi connectivity index (χ0v) is 9.99. The lowest BCUT2D eigenvalue weighted by molar-refractivity contribution is -0.125. The number of amides is 1. The van der Waals surface area contributed by atoms with Gasteiger partial charge in [-0.15, -0.1) is 0 Å². The topological polar surface area (TPSA) is 87.7 Å². The molecule has 1 amide bonds. The number of hydrogen-bond donors (Lipinski definition) is 3. The minimum absolute atomic E-state index is 0.126. The van der Waals surface area contributed by atoms with Gasteiger partial charge in [0.2, 0.25) is 5.91 Å². The number of hydrogen-bond acceptors (Lipinski definition) is 3. The Hall–Kier alpha value is -2.18. The highest BCUT2D eigenvalue weighted by atomic mass is 19.2. The molecule has 4 N–H and O–H groups in total. The normalized spacial score (nSPS) is 17.7. The van der Waals surface area contributed by atoms with Crippen LogP contribution in [0.25, 0.3) is 0 Å². The number of benzene rings is 1. The first kappa shape index (κ1) is 13.3. The summed E-state index contributed by atoms with van der Waals surface area (Å²) in [6.45, 7) is 0. The van der Waals surface area contributed by atoms with Crippen LogP contribution in [0.4, 0.5) is 14.5 Å². The van der Waals surface area contributed by atoms with Crippen molar-refractivity contribution in [3.8, 4) is 0 Å². The second-order valence-corrected chi connectivity index (χ2v) is 4.50. The fourth-order valence-corrected chi connectivity index (χ4v) is 2.05. The number of anilines is 1. The summed E-state index contributed by atoms with van der Waals surface area (Å²) in [4.78, 5) is 12.1.